The maximum Gasteiger partial charge on any atom is 0.124 e. The molecule has 0 aliphatic carbocycles. The van der Waals surface area contributed by atoms with Crippen molar-refractivity contribution in [2.24, 2.45) is 0 Å². The number of aromatic hydroxyl groups is 1. The molecule has 0 aliphatic heterocycles. The summed E-state index contributed by atoms with van der Waals surface area (Å²) in [6.07, 6.45) is 0. The Morgan fingerprint density at radius 3 is 2.70 bits per heavy atom. The highest BCUT2D eigenvalue weighted by atomic mass is 35.5. The number of phenols is 1. The van der Waals surface area contributed by atoms with Crippen LogP contribution >= 0.6 is 11.6 Å². The third kappa shape index (κ3) is 3.14. The van der Waals surface area contributed by atoms with Crippen molar-refractivity contribution in [2.45, 2.75) is 6.54 Å². The molecular formula is C15H13ClN2O2. The average Bonchev–Trinajstić information content (AvgIpc) is 2.46. The number of benzene rings is 2. The Labute approximate surface area is 122 Å². The minimum atomic E-state index is 0.164. The van der Waals surface area contributed by atoms with Crippen molar-refractivity contribution < 1.29 is 9.84 Å². The molecule has 2 aromatic rings. The maximum absolute atomic E-state index is 9.85. The summed E-state index contributed by atoms with van der Waals surface area (Å²) in [5, 5.41) is 22.2. The van der Waals surface area contributed by atoms with E-state index in [2.05, 4.69) is 5.32 Å². The fourth-order valence-electron chi connectivity index (χ4n) is 1.73. The molecule has 20 heavy (non-hydrogen) atoms. The van der Waals surface area contributed by atoms with Crippen molar-refractivity contribution in [2.75, 3.05) is 12.4 Å². The fraction of sp³-hybridized carbons (Fsp3) is 0.133. The maximum atomic E-state index is 9.85. The van der Waals surface area contributed by atoms with Gasteiger partial charge in [0.15, 0.2) is 0 Å². The minimum Gasteiger partial charge on any atom is -0.507 e. The number of methoxy groups -OCH3 is 1. The largest absolute Gasteiger partial charge is 0.507 e. The quantitative estimate of drug-likeness (QED) is 0.903. The molecule has 0 heterocycles. The van der Waals surface area contributed by atoms with E-state index in [9.17, 15) is 5.11 Å². The van der Waals surface area contributed by atoms with Crippen LogP contribution in [0.2, 0.25) is 5.02 Å². The Hall–Kier alpha value is -2.38. The van der Waals surface area contributed by atoms with Gasteiger partial charge < -0.3 is 15.2 Å². The van der Waals surface area contributed by atoms with E-state index in [0.29, 0.717) is 22.9 Å². The molecule has 0 bridgehead atoms. The first-order valence-electron chi connectivity index (χ1n) is 5.93. The second-order valence-corrected chi connectivity index (χ2v) is 4.56. The van der Waals surface area contributed by atoms with Crippen molar-refractivity contribution in [3.05, 3.63) is 52.5 Å². The Bertz CT molecular complexity index is 665. The molecule has 0 fully saturated rings. The molecule has 5 heteroatoms. The number of ether oxygens (including phenoxy) is 1. The Morgan fingerprint density at radius 2 is 2.10 bits per heavy atom. The third-order valence-electron chi connectivity index (χ3n) is 2.86. The highest BCUT2D eigenvalue weighted by molar-refractivity contribution is 6.32. The van der Waals surface area contributed by atoms with E-state index in [1.54, 1.807) is 43.5 Å². The number of phenolic OH excluding ortho intramolecular Hbond substituents is 1. The zero-order valence-corrected chi connectivity index (χ0v) is 11.6. The van der Waals surface area contributed by atoms with Crippen molar-refractivity contribution in [3.8, 4) is 17.6 Å². The summed E-state index contributed by atoms with van der Waals surface area (Å²) >= 11 is 5.95. The SMILES string of the molecule is COc1ccc(CNc2ccc(C#N)c(Cl)c2)c(O)c1. The van der Waals surface area contributed by atoms with Gasteiger partial charge in [0, 0.05) is 23.9 Å². The van der Waals surface area contributed by atoms with Crippen LogP contribution in [-0.4, -0.2) is 12.2 Å². The van der Waals surface area contributed by atoms with Gasteiger partial charge in [0.1, 0.15) is 17.6 Å². The lowest BCUT2D eigenvalue weighted by Crippen LogP contribution is -2.00. The molecule has 0 saturated heterocycles. The van der Waals surface area contributed by atoms with Gasteiger partial charge in [-0.1, -0.05) is 11.6 Å². The smallest absolute Gasteiger partial charge is 0.124 e. The van der Waals surface area contributed by atoms with Crippen LogP contribution in [-0.2, 0) is 6.54 Å². The summed E-state index contributed by atoms with van der Waals surface area (Å²) in [7, 11) is 1.55. The molecule has 0 radical (unpaired) electrons. The summed E-state index contributed by atoms with van der Waals surface area (Å²) in [6.45, 7) is 0.443. The molecular weight excluding hydrogens is 276 g/mol. The number of halogens is 1. The molecule has 0 spiro atoms. The van der Waals surface area contributed by atoms with Crippen LogP contribution in [0.4, 0.5) is 5.69 Å². The number of nitrogens with zero attached hydrogens (tertiary/aromatic N) is 1. The first kappa shape index (κ1) is 14.0. The van der Waals surface area contributed by atoms with Gasteiger partial charge in [0.25, 0.3) is 0 Å². The highest BCUT2D eigenvalue weighted by Crippen LogP contribution is 2.25. The van der Waals surface area contributed by atoms with E-state index in [4.69, 9.17) is 21.6 Å². The van der Waals surface area contributed by atoms with Gasteiger partial charge in [-0.3, -0.25) is 0 Å². The minimum absolute atomic E-state index is 0.164. The Balaban J connectivity index is 2.09. The molecule has 2 rings (SSSR count). The van der Waals surface area contributed by atoms with Crippen molar-refractivity contribution >= 4 is 17.3 Å². The summed E-state index contributed by atoms with van der Waals surface area (Å²) in [4.78, 5) is 0. The van der Waals surface area contributed by atoms with Gasteiger partial charge in [-0.25, -0.2) is 0 Å². The van der Waals surface area contributed by atoms with Crippen molar-refractivity contribution in [1.29, 1.82) is 5.26 Å². The van der Waals surface area contributed by atoms with Crippen LogP contribution in [0.1, 0.15) is 11.1 Å². The highest BCUT2D eigenvalue weighted by Gasteiger charge is 2.04. The van der Waals surface area contributed by atoms with E-state index in [0.717, 1.165) is 11.3 Å². The first-order valence-corrected chi connectivity index (χ1v) is 6.31. The van der Waals surface area contributed by atoms with E-state index < -0.39 is 0 Å². The molecule has 0 aliphatic rings. The standard InChI is InChI=1S/C15H13ClN2O2/c1-20-13-5-3-11(15(19)7-13)9-18-12-4-2-10(8-17)14(16)6-12/h2-7,18-19H,9H2,1H3. The number of nitriles is 1. The number of anilines is 1. The molecule has 0 saturated carbocycles. The van der Waals surface area contributed by atoms with Crippen molar-refractivity contribution in [1.82, 2.24) is 0 Å². The molecule has 0 amide bonds. The van der Waals surface area contributed by atoms with Gasteiger partial charge in [-0.2, -0.15) is 5.26 Å². The van der Waals surface area contributed by atoms with Crippen LogP contribution in [0.3, 0.4) is 0 Å². The molecule has 2 N–H and O–H groups in total. The molecule has 102 valence electrons. The third-order valence-corrected chi connectivity index (χ3v) is 3.18. The molecule has 2 aromatic carbocycles. The molecule has 0 aromatic heterocycles. The molecule has 0 unspecified atom stereocenters. The lowest BCUT2D eigenvalue weighted by atomic mass is 10.1. The van der Waals surface area contributed by atoms with Gasteiger partial charge in [0.05, 0.1) is 17.7 Å². The number of hydrogen-bond acceptors (Lipinski definition) is 4. The summed E-state index contributed by atoms with van der Waals surface area (Å²) in [5.74, 6) is 0.768. The Morgan fingerprint density at radius 1 is 1.30 bits per heavy atom. The molecule has 0 atom stereocenters. The second kappa shape index (κ2) is 6.18. The van der Waals surface area contributed by atoms with Crippen molar-refractivity contribution in [3.63, 3.8) is 0 Å². The summed E-state index contributed by atoms with van der Waals surface area (Å²) in [6, 6.07) is 12.2. The second-order valence-electron chi connectivity index (χ2n) is 4.15. The van der Waals surface area contributed by atoms with Gasteiger partial charge in [-0.15, -0.1) is 0 Å². The number of hydrogen-bond donors (Lipinski definition) is 2. The number of rotatable bonds is 4. The van der Waals surface area contributed by atoms with Crippen LogP contribution in [0, 0.1) is 11.3 Å². The molecule has 4 nitrogen and oxygen atoms in total. The van der Waals surface area contributed by atoms with E-state index in [-0.39, 0.29) is 5.75 Å². The van der Waals surface area contributed by atoms with E-state index in [1.165, 1.54) is 0 Å². The van der Waals surface area contributed by atoms with Gasteiger partial charge in [-0.05, 0) is 30.3 Å². The lowest BCUT2D eigenvalue weighted by Gasteiger charge is -2.10. The monoisotopic (exact) mass is 288 g/mol. The first-order chi connectivity index (χ1) is 9.63. The van der Waals surface area contributed by atoms with Gasteiger partial charge in [0.2, 0.25) is 0 Å². The number of nitrogens with one attached hydrogen (secondary N) is 1. The summed E-state index contributed by atoms with van der Waals surface area (Å²) < 4.78 is 5.03. The van der Waals surface area contributed by atoms with Crippen LogP contribution < -0.4 is 10.1 Å². The topological polar surface area (TPSA) is 65.3 Å². The predicted octanol–water partition coefficient (Wildman–Crippen LogP) is 3.54. The van der Waals surface area contributed by atoms with Gasteiger partial charge >= 0.3 is 0 Å². The van der Waals surface area contributed by atoms with Crippen LogP contribution in [0.5, 0.6) is 11.5 Å². The lowest BCUT2D eigenvalue weighted by molar-refractivity contribution is 0.406. The van der Waals surface area contributed by atoms with Crippen LogP contribution in [0.25, 0.3) is 0 Å². The average molecular weight is 289 g/mol. The zero-order valence-electron chi connectivity index (χ0n) is 10.9. The summed E-state index contributed by atoms with van der Waals surface area (Å²) in [5.41, 5.74) is 1.96. The van der Waals surface area contributed by atoms with E-state index in [1.807, 2.05) is 6.07 Å². The Kier molecular flexibility index (Phi) is 4.34. The zero-order chi connectivity index (χ0) is 14.5. The fourth-order valence-corrected chi connectivity index (χ4v) is 1.96. The van der Waals surface area contributed by atoms with Crippen LogP contribution in [0.15, 0.2) is 36.4 Å². The normalized spacial score (nSPS) is 9.85. The predicted molar refractivity (Wildman–Crippen MR) is 78.2 cm³/mol. The van der Waals surface area contributed by atoms with E-state index >= 15 is 0 Å².